The van der Waals surface area contributed by atoms with Crippen LogP contribution in [0, 0.1) is 5.92 Å². The molecule has 1 saturated carbocycles. The Morgan fingerprint density at radius 3 is 2.33 bits per heavy atom. The van der Waals surface area contributed by atoms with Gasteiger partial charge in [0.05, 0.1) is 6.42 Å². The second-order valence-corrected chi connectivity index (χ2v) is 5.76. The van der Waals surface area contributed by atoms with Crippen molar-refractivity contribution in [3.63, 3.8) is 0 Å². The van der Waals surface area contributed by atoms with E-state index in [0.717, 1.165) is 25.7 Å². The molecule has 4 heteroatoms. The van der Waals surface area contributed by atoms with Crippen LogP contribution in [0.15, 0.2) is 24.3 Å². The maximum absolute atomic E-state index is 12.4. The summed E-state index contributed by atoms with van der Waals surface area (Å²) in [4.78, 5) is 23.3. The first kappa shape index (κ1) is 15.5. The summed E-state index contributed by atoms with van der Waals surface area (Å²) in [6.07, 6.45) is 7.71. The number of aliphatic carboxylic acids is 1. The molecule has 1 aliphatic rings. The molecular formula is C17H23NO3. The van der Waals surface area contributed by atoms with Crippen LogP contribution in [0.2, 0.25) is 0 Å². The molecule has 1 amide bonds. The smallest absolute Gasteiger partial charge is 0.307 e. The van der Waals surface area contributed by atoms with Crippen LogP contribution in [0.1, 0.15) is 50.5 Å². The maximum Gasteiger partial charge on any atom is 0.307 e. The molecule has 4 nitrogen and oxygen atoms in total. The van der Waals surface area contributed by atoms with Gasteiger partial charge in [0, 0.05) is 11.6 Å². The van der Waals surface area contributed by atoms with Crippen LogP contribution in [0.5, 0.6) is 0 Å². The Morgan fingerprint density at radius 2 is 1.67 bits per heavy atom. The van der Waals surface area contributed by atoms with Crippen LogP contribution < -0.4 is 5.32 Å². The van der Waals surface area contributed by atoms with Crippen molar-refractivity contribution in [2.24, 2.45) is 5.92 Å². The molecular weight excluding hydrogens is 266 g/mol. The summed E-state index contributed by atoms with van der Waals surface area (Å²) in [5.74, 6) is -0.791. The average Bonchev–Trinajstić information content (AvgIpc) is 2.40. The van der Waals surface area contributed by atoms with Crippen molar-refractivity contribution in [3.05, 3.63) is 29.8 Å². The first-order chi connectivity index (χ1) is 10.2. The van der Waals surface area contributed by atoms with Crippen molar-refractivity contribution in [1.29, 1.82) is 0 Å². The van der Waals surface area contributed by atoms with E-state index in [1.54, 1.807) is 18.2 Å². The number of hydrogen-bond acceptors (Lipinski definition) is 2. The predicted octanol–water partition coefficient (Wildman–Crippen LogP) is 3.61. The van der Waals surface area contributed by atoms with Crippen LogP contribution in [-0.2, 0) is 16.0 Å². The fraction of sp³-hybridized carbons (Fsp3) is 0.529. The monoisotopic (exact) mass is 289 g/mol. The Hall–Kier alpha value is -1.84. The van der Waals surface area contributed by atoms with Gasteiger partial charge in [0.2, 0.25) is 5.91 Å². The third kappa shape index (κ3) is 4.88. The summed E-state index contributed by atoms with van der Waals surface area (Å²) < 4.78 is 0. The lowest BCUT2D eigenvalue weighted by Gasteiger charge is -2.20. The molecule has 1 aliphatic carbocycles. The zero-order chi connectivity index (χ0) is 15.1. The standard InChI is InChI=1S/C17H23NO3/c19-16(20)12-14-10-6-7-11-15(14)18-17(21)13-8-4-2-1-3-5-9-13/h6-7,10-11,13H,1-5,8-9,12H2,(H,18,21)(H,19,20). The largest absolute Gasteiger partial charge is 0.481 e. The molecule has 1 aromatic rings. The molecule has 1 aromatic carbocycles. The highest BCUT2D eigenvalue weighted by molar-refractivity contribution is 5.93. The summed E-state index contributed by atoms with van der Waals surface area (Å²) in [6, 6.07) is 7.14. The number of nitrogens with one attached hydrogen (secondary N) is 1. The highest BCUT2D eigenvalue weighted by Gasteiger charge is 2.20. The Labute approximate surface area is 125 Å². The minimum atomic E-state index is -0.886. The molecule has 0 heterocycles. The van der Waals surface area contributed by atoms with E-state index in [-0.39, 0.29) is 18.2 Å². The van der Waals surface area contributed by atoms with Gasteiger partial charge in [-0.25, -0.2) is 0 Å². The summed E-state index contributed by atoms with van der Waals surface area (Å²) >= 11 is 0. The van der Waals surface area contributed by atoms with Crippen molar-refractivity contribution in [2.75, 3.05) is 5.32 Å². The van der Waals surface area contributed by atoms with Gasteiger partial charge in [0.1, 0.15) is 0 Å². The number of amides is 1. The molecule has 21 heavy (non-hydrogen) atoms. The van der Waals surface area contributed by atoms with E-state index < -0.39 is 5.97 Å². The van der Waals surface area contributed by atoms with Gasteiger partial charge in [-0.2, -0.15) is 0 Å². The molecule has 0 unspecified atom stereocenters. The normalized spacial score (nSPS) is 16.8. The van der Waals surface area contributed by atoms with Crippen molar-refractivity contribution in [2.45, 2.75) is 51.4 Å². The topological polar surface area (TPSA) is 66.4 Å². The molecule has 0 bridgehead atoms. The second kappa shape index (κ2) is 7.81. The average molecular weight is 289 g/mol. The van der Waals surface area contributed by atoms with Gasteiger partial charge in [0.25, 0.3) is 0 Å². The highest BCUT2D eigenvalue weighted by Crippen LogP contribution is 2.24. The maximum atomic E-state index is 12.4. The number of carboxylic acids is 1. The number of carbonyl (C=O) groups excluding carboxylic acids is 1. The summed E-state index contributed by atoms with van der Waals surface area (Å²) in [5.41, 5.74) is 1.29. The third-order valence-electron chi connectivity index (χ3n) is 4.09. The first-order valence-electron chi connectivity index (χ1n) is 7.77. The number of anilines is 1. The van der Waals surface area contributed by atoms with E-state index in [0.29, 0.717) is 11.3 Å². The first-order valence-corrected chi connectivity index (χ1v) is 7.77. The molecule has 1 fully saturated rings. The molecule has 0 saturated heterocycles. The zero-order valence-electron chi connectivity index (χ0n) is 12.3. The van der Waals surface area contributed by atoms with Gasteiger partial charge in [-0.3, -0.25) is 9.59 Å². The van der Waals surface area contributed by atoms with E-state index in [4.69, 9.17) is 5.11 Å². The number of hydrogen-bond donors (Lipinski definition) is 2. The third-order valence-corrected chi connectivity index (χ3v) is 4.09. The van der Waals surface area contributed by atoms with Crippen molar-refractivity contribution in [3.8, 4) is 0 Å². The van der Waals surface area contributed by atoms with Gasteiger partial charge < -0.3 is 10.4 Å². The molecule has 0 aromatic heterocycles. The molecule has 0 radical (unpaired) electrons. The Balaban J connectivity index is 2.02. The van der Waals surface area contributed by atoms with Crippen LogP contribution in [0.3, 0.4) is 0 Å². The predicted molar refractivity (Wildman–Crippen MR) is 82.2 cm³/mol. The minimum Gasteiger partial charge on any atom is -0.481 e. The number of para-hydroxylation sites is 1. The highest BCUT2D eigenvalue weighted by atomic mass is 16.4. The summed E-state index contributed by atoms with van der Waals surface area (Å²) in [7, 11) is 0. The van der Waals surface area contributed by atoms with E-state index >= 15 is 0 Å². The molecule has 2 rings (SSSR count). The Kier molecular flexibility index (Phi) is 5.78. The number of benzene rings is 1. The second-order valence-electron chi connectivity index (χ2n) is 5.76. The molecule has 114 valence electrons. The molecule has 0 spiro atoms. The van der Waals surface area contributed by atoms with Crippen molar-refractivity contribution >= 4 is 17.6 Å². The van der Waals surface area contributed by atoms with Gasteiger partial charge in [-0.1, -0.05) is 50.3 Å². The van der Waals surface area contributed by atoms with Crippen LogP contribution in [-0.4, -0.2) is 17.0 Å². The number of carboxylic acid groups (broad SMARTS) is 1. The lowest BCUT2D eigenvalue weighted by molar-refractivity contribution is -0.136. The van der Waals surface area contributed by atoms with E-state index in [1.807, 2.05) is 6.07 Å². The molecule has 0 aliphatic heterocycles. The van der Waals surface area contributed by atoms with E-state index in [2.05, 4.69) is 5.32 Å². The van der Waals surface area contributed by atoms with Gasteiger partial charge >= 0.3 is 5.97 Å². The number of rotatable bonds is 4. The fourth-order valence-corrected chi connectivity index (χ4v) is 2.91. The summed E-state index contributed by atoms with van der Waals surface area (Å²) in [6.45, 7) is 0. The van der Waals surface area contributed by atoms with Gasteiger partial charge in [-0.05, 0) is 24.5 Å². The van der Waals surface area contributed by atoms with Crippen molar-refractivity contribution < 1.29 is 14.7 Å². The molecule has 2 N–H and O–H groups in total. The zero-order valence-corrected chi connectivity index (χ0v) is 12.3. The quantitative estimate of drug-likeness (QED) is 0.889. The lowest BCUT2D eigenvalue weighted by atomic mass is 9.90. The van der Waals surface area contributed by atoms with Crippen LogP contribution in [0.25, 0.3) is 0 Å². The van der Waals surface area contributed by atoms with E-state index in [1.165, 1.54) is 19.3 Å². The number of carbonyl (C=O) groups is 2. The Morgan fingerprint density at radius 1 is 1.05 bits per heavy atom. The van der Waals surface area contributed by atoms with Crippen LogP contribution >= 0.6 is 0 Å². The van der Waals surface area contributed by atoms with E-state index in [9.17, 15) is 9.59 Å². The van der Waals surface area contributed by atoms with Crippen molar-refractivity contribution in [1.82, 2.24) is 0 Å². The lowest BCUT2D eigenvalue weighted by Crippen LogP contribution is -2.24. The summed E-state index contributed by atoms with van der Waals surface area (Å²) in [5, 5.41) is 11.9. The SMILES string of the molecule is O=C(O)Cc1ccccc1NC(=O)C1CCCCCCC1. The van der Waals surface area contributed by atoms with Gasteiger partial charge in [0.15, 0.2) is 0 Å². The molecule has 0 atom stereocenters. The van der Waals surface area contributed by atoms with Crippen LogP contribution in [0.4, 0.5) is 5.69 Å². The Bertz CT molecular complexity index is 491. The van der Waals surface area contributed by atoms with Gasteiger partial charge in [-0.15, -0.1) is 0 Å². The fourth-order valence-electron chi connectivity index (χ4n) is 2.91. The minimum absolute atomic E-state index is 0.0368.